The second-order valence-electron chi connectivity index (χ2n) is 7.60. The summed E-state index contributed by atoms with van der Waals surface area (Å²) < 4.78 is 52.6. The number of ether oxygens (including phenoxy) is 1. The van der Waals surface area contributed by atoms with Gasteiger partial charge in [0.25, 0.3) is 0 Å². The monoisotopic (exact) mass is 444 g/mol. The molecule has 1 saturated heterocycles. The molecular weight excluding hydrogens is 415 g/mol. The quantitative estimate of drug-likeness (QED) is 0.563. The lowest BCUT2D eigenvalue weighted by atomic mass is 10.0. The molecule has 2 aromatic heterocycles. The van der Waals surface area contributed by atoms with Crippen LogP contribution in [0.5, 0.6) is 5.75 Å². The molecule has 4 heterocycles. The summed E-state index contributed by atoms with van der Waals surface area (Å²) >= 11 is 1.43. The Morgan fingerprint density at radius 2 is 2.26 bits per heavy atom. The van der Waals surface area contributed by atoms with E-state index in [1.165, 1.54) is 28.8 Å². The molecule has 3 N–H and O–H groups in total. The lowest BCUT2D eigenvalue weighted by molar-refractivity contribution is 0.343. The Balaban J connectivity index is 1.50. The molecule has 0 saturated carbocycles. The Labute approximate surface area is 189 Å². The van der Waals surface area contributed by atoms with Gasteiger partial charge in [0.05, 0.1) is 39.0 Å². The van der Waals surface area contributed by atoms with Crippen molar-refractivity contribution in [2.24, 2.45) is 4.99 Å². The highest BCUT2D eigenvalue weighted by Crippen LogP contribution is 2.31. The number of nitrogens with zero attached hydrogens (tertiary/aromatic N) is 3. The zero-order chi connectivity index (χ0) is 24.7. The molecule has 1 aromatic carbocycles. The summed E-state index contributed by atoms with van der Waals surface area (Å²) in [6, 6.07) is 4.17. The van der Waals surface area contributed by atoms with E-state index in [4.69, 9.17) is 15.3 Å². The Morgan fingerprint density at radius 3 is 3.10 bits per heavy atom. The number of nitrogens with one attached hydrogen (secondary N) is 3. The summed E-state index contributed by atoms with van der Waals surface area (Å²) in [6.07, 6.45) is 6.61. The van der Waals surface area contributed by atoms with Crippen molar-refractivity contribution in [1.82, 2.24) is 20.4 Å². The van der Waals surface area contributed by atoms with E-state index in [1.807, 2.05) is 17.8 Å². The molecule has 2 aliphatic rings. The highest BCUT2D eigenvalue weighted by molar-refractivity contribution is 7.10. The number of aromatic nitrogens is 2. The minimum Gasteiger partial charge on any atom is -0.496 e. The van der Waals surface area contributed by atoms with Crippen LogP contribution in [0.4, 0.5) is 10.1 Å². The Bertz CT molecular complexity index is 1350. The largest absolute Gasteiger partial charge is 0.496 e. The first kappa shape index (κ1) is 15.8. The van der Waals surface area contributed by atoms with Gasteiger partial charge in [-0.3, -0.25) is 4.68 Å². The average Bonchev–Trinajstić information content (AvgIpc) is 3.38. The lowest BCUT2D eigenvalue weighted by Crippen LogP contribution is -2.41. The molecule has 3 aromatic rings. The molecule has 5 rings (SSSR count). The first-order chi connectivity index (χ1) is 16.7. The summed E-state index contributed by atoms with van der Waals surface area (Å²) in [6.45, 7) is 3.80. The molecule has 1 unspecified atom stereocenters. The van der Waals surface area contributed by atoms with Crippen LogP contribution < -0.4 is 30.6 Å². The van der Waals surface area contributed by atoms with E-state index in [0.29, 0.717) is 22.5 Å². The van der Waals surface area contributed by atoms with Crippen molar-refractivity contribution in [3.05, 3.63) is 51.2 Å². The zero-order valence-electron chi connectivity index (χ0n) is 20.9. The van der Waals surface area contributed by atoms with Gasteiger partial charge in [0.1, 0.15) is 11.6 Å². The van der Waals surface area contributed by atoms with Crippen LogP contribution in [0.2, 0.25) is 1.41 Å². The summed E-state index contributed by atoms with van der Waals surface area (Å²) in [4.78, 5) is 5.62. The van der Waals surface area contributed by atoms with E-state index < -0.39 is 19.1 Å². The maximum atomic E-state index is 14.0. The number of methoxy groups -OCH3 is 1. The van der Waals surface area contributed by atoms with Crippen molar-refractivity contribution in [3.63, 3.8) is 0 Å². The van der Waals surface area contributed by atoms with Crippen LogP contribution in [-0.2, 0) is 0 Å². The van der Waals surface area contributed by atoms with Gasteiger partial charge in [-0.25, -0.2) is 9.38 Å². The van der Waals surface area contributed by atoms with Crippen molar-refractivity contribution in [1.29, 1.82) is 0 Å². The third-order valence-corrected chi connectivity index (χ3v) is 6.60. The van der Waals surface area contributed by atoms with E-state index >= 15 is 0 Å². The number of anilines is 1. The van der Waals surface area contributed by atoms with Crippen molar-refractivity contribution >= 4 is 23.2 Å². The second-order valence-corrected chi connectivity index (χ2v) is 8.86. The number of aryl methyl sites for hydroxylation is 1. The van der Waals surface area contributed by atoms with Gasteiger partial charge in [0.2, 0.25) is 0 Å². The Hall–Kier alpha value is -2.91. The molecule has 1 atom stereocenters. The number of benzene rings is 1. The first-order valence-electron chi connectivity index (χ1n) is 12.1. The van der Waals surface area contributed by atoms with Crippen LogP contribution >= 0.6 is 11.3 Å². The van der Waals surface area contributed by atoms with Gasteiger partial charge < -0.3 is 20.7 Å². The van der Waals surface area contributed by atoms with Gasteiger partial charge in [-0.05, 0) is 45.0 Å². The van der Waals surface area contributed by atoms with Gasteiger partial charge in [0, 0.05) is 34.5 Å². The Kier molecular flexibility index (Phi) is 4.25. The maximum Gasteiger partial charge on any atom is 0.194 e. The van der Waals surface area contributed by atoms with Crippen LogP contribution in [0.15, 0.2) is 35.6 Å². The second kappa shape index (κ2) is 8.32. The summed E-state index contributed by atoms with van der Waals surface area (Å²) in [5.41, 5.74) is 1.84. The van der Waals surface area contributed by atoms with Gasteiger partial charge in [-0.15, -0.1) is 11.3 Å². The predicted molar refractivity (Wildman–Crippen MR) is 120 cm³/mol. The zero-order valence-corrected chi connectivity index (χ0v) is 17.7. The smallest absolute Gasteiger partial charge is 0.194 e. The summed E-state index contributed by atoms with van der Waals surface area (Å²) in [5.74, 6) is -0.675. The number of hydrogen-bond donors (Lipinski definition) is 3. The fourth-order valence-electron chi connectivity index (χ4n) is 4.07. The fourth-order valence-corrected chi connectivity index (χ4v) is 5.07. The number of piperidine rings is 1. The number of fused-ring (bicyclic) bond motifs is 1. The van der Waals surface area contributed by atoms with Gasteiger partial charge in [0.15, 0.2) is 7.70 Å². The molecule has 1 fully saturated rings. The molecule has 0 amide bonds. The number of halogens is 1. The highest BCUT2D eigenvalue weighted by Gasteiger charge is 2.20. The molecule has 7 nitrogen and oxygen atoms in total. The number of thiophene rings is 1. The average molecular weight is 445 g/mol. The van der Waals surface area contributed by atoms with Crippen molar-refractivity contribution in [3.8, 4) is 16.9 Å². The molecule has 31 heavy (non-hydrogen) atoms. The van der Waals surface area contributed by atoms with Crippen LogP contribution in [0.3, 0.4) is 0 Å². The molecular formula is C22H25FN6OS. The fraction of sp³-hybridized carbons (Fsp3) is 0.364. The standard InChI is InChI=1S/C22H25FN6OS/c1-13-20(17-4-3-14(23)9-18(17)30-2)21-19(31-13)11-25-22(28-21)27-15-10-26-29(12-15)16-5-7-24-8-6-16/h3-4,9-12,16,22,24-25,27H,5-8H2,1-2H3/i2D3/hD. The van der Waals surface area contributed by atoms with Gasteiger partial charge in [-0.1, -0.05) is 0 Å². The van der Waals surface area contributed by atoms with Crippen molar-refractivity contribution in [2.45, 2.75) is 32.1 Å². The molecule has 0 spiro atoms. The predicted octanol–water partition coefficient (Wildman–Crippen LogP) is 2.35. The normalized spacial score (nSPS) is 21.1. The minimum absolute atomic E-state index is 0.0787. The summed E-state index contributed by atoms with van der Waals surface area (Å²) in [7, 11) is -2.73. The van der Waals surface area contributed by atoms with Gasteiger partial charge >= 0.3 is 0 Å². The molecule has 0 bridgehead atoms. The lowest BCUT2D eigenvalue weighted by Gasteiger charge is -2.22. The molecule has 0 radical (unpaired) electrons. The van der Waals surface area contributed by atoms with E-state index in [-0.39, 0.29) is 5.75 Å². The number of hydrogen-bond acceptors (Lipinski definition) is 7. The van der Waals surface area contributed by atoms with Crippen LogP contribution in [0.25, 0.3) is 17.3 Å². The Morgan fingerprint density at radius 1 is 1.39 bits per heavy atom. The molecule has 162 valence electrons. The molecule has 2 aliphatic heterocycles. The highest BCUT2D eigenvalue weighted by atomic mass is 32.1. The summed E-state index contributed by atoms with van der Waals surface area (Å²) in [5, 5.41) is 12.9. The minimum atomic E-state index is -2.73. The van der Waals surface area contributed by atoms with E-state index in [2.05, 4.69) is 15.7 Å². The van der Waals surface area contributed by atoms with Crippen molar-refractivity contribution in [2.75, 3.05) is 25.4 Å². The van der Waals surface area contributed by atoms with Gasteiger partial charge in [-0.2, -0.15) is 5.10 Å². The first-order valence-corrected chi connectivity index (χ1v) is 11.0. The maximum absolute atomic E-state index is 14.0. The van der Waals surface area contributed by atoms with E-state index in [1.54, 1.807) is 12.4 Å². The van der Waals surface area contributed by atoms with Crippen LogP contribution in [-0.4, -0.2) is 36.2 Å². The van der Waals surface area contributed by atoms with E-state index in [9.17, 15) is 4.39 Å². The molecule has 9 heteroatoms. The SMILES string of the molecule is [2H]N1C=c2sc(C)c(-c3ccc(F)cc3OC([2H])([2H])[2H])c2=NC1Nc1cnn(C2CCNCC2)c1. The van der Waals surface area contributed by atoms with Crippen LogP contribution in [0, 0.1) is 12.7 Å². The third kappa shape index (κ3) is 3.90. The number of rotatable bonds is 5. The van der Waals surface area contributed by atoms with E-state index in [0.717, 1.165) is 47.1 Å². The van der Waals surface area contributed by atoms with Crippen LogP contribution in [0.1, 0.15) is 27.9 Å². The third-order valence-electron chi connectivity index (χ3n) is 5.57. The molecule has 0 aliphatic carbocycles. The topological polar surface area (TPSA) is 75.5 Å². The van der Waals surface area contributed by atoms with Crippen molar-refractivity contribution < 1.29 is 14.7 Å².